The lowest BCUT2D eigenvalue weighted by molar-refractivity contribution is -0.126. The van der Waals surface area contributed by atoms with Crippen molar-refractivity contribution in [2.75, 3.05) is 26.9 Å². The zero-order valence-electron chi connectivity index (χ0n) is 17.7. The van der Waals surface area contributed by atoms with Crippen LogP contribution in [0, 0.1) is 0 Å². The van der Waals surface area contributed by atoms with Gasteiger partial charge < -0.3 is 24.6 Å². The van der Waals surface area contributed by atoms with Crippen LogP contribution < -0.4 is 14.8 Å². The van der Waals surface area contributed by atoms with Gasteiger partial charge in [-0.15, -0.1) is 6.58 Å². The van der Waals surface area contributed by atoms with Crippen molar-refractivity contribution in [2.24, 2.45) is 4.99 Å². The van der Waals surface area contributed by atoms with Gasteiger partial charge in [0, 0.05) is 37.1 Å². The van der Waals surface area contributed by atoms with Gasteiger partial charge in [-0.2, -0.15) is 0 Å². The van der Waals surface area contributed by atoms with Crippen LogP contribution in [0.3, 0.4) is 0 Å². The third kappa shape index (κ3) is 5.44. The number of amides is 1. The van der Waals surface area contributed by atoms with Crippen LogP contribution in [0.4, 0.5) is 0 Å². The van der Waals surface area contributed by atoms with Crippen molar-refractivity contribution < 1.29 is 24.1 Å². The smallest absolute Gasteiger partial charge is 0.252 e. The molecule has 0 spiro atoms. The average Bonchev–Trinajstić information content (AvgIpc) is 3.24. The summed E-state index contributed by atoms with van der Waals surface area (Å²) in [6.07, 6.45) is 2.61. The first-order valence-electron chi connectivity index (χ1n) is 10.2. The van der Waals surface area contributed by atoms with E-state index in [4.69, 9.17) is 19.3 Å². The number of rotatable bonds is 11. The number of ether oxygens (including phenoxy) is 3. The highest BCUT2D eigenvalue weighted by Gasteiger charge is 2.43. The molecule has 0 unspecified atom stereocenters. The summed E-state index contributed by atoms with van der Waals surface area (Å²) in [7, 11) is 1.60. The van der Waals surface area contributed by atoms with Gasteiger partial charge in [0.1, 0.15) is 18.1 Å². The van der Waals surface area contributed by atoms with E-state index in [1.54, 1.807) is 13.2 Å². The van der Waals surface area contributed by atoms with Crippen molar-refractivity contribution in [1.82, 2.24) is 5.32 Å². The molecule has 1 aliphatic heterocycles. The first-order chi connectivity index (χ1) is 15.1. The van der Waals surface area contributed by atoms with E-state index >= 15 is 0 Å². The number of carbonyl (C=O) groups excluding carboxylic acids is 1. The van der Waals surface area contributed by atoms with E-state index in [1.807, 2.05) is 48.5 Å². The number of carbonyl (C=O) groups is 1. The molecule has 3 rings (SSSR count). The van der Waals surface area contributed by atoms with Gasteiger partial charge >= 0.3 is 0 Å². The Morgan fingerprint density at radius 3 is 2.77 bits per heavy atom. The Morgan fingerprint density at radius 1 is 1.29 bits per heavy atom. The minimum absolute atomic E-state index is 0.0905. The van der Waals surface area contributed by atoms with E-state index in [9.17, 15) is 4.79 Å². The van der Waals surface area contributed by atoms with Crippen LogP contribution >= 0.6 is 0 Å². The van der Waals surface area contributed by atoms with E-state index in [0.717, 1.165) is 11.1 Å². The number of benzene rings is 2. The molecule has 7 heteroatoms. The van der Waals surface area contributed by atoms with Crippen molar-refractivity contribution in [3.63, 3.8) is 0 Å². The Morgan fingerprint density at radius 2 is 2.06 bits per heavy atom. The van der Waals surface area contributed by atoms with Crippen LogP contribution in [-0.2, 0) is 16.1 Å². The minimum Gasteiger partial charge on any atom is -0.496 e. The summed E-state index contributed by atoms with van der Waals surface area (Å²) >= 11 is 0. The summed E-state index contributed by atoms with van der Waals surface area (Å²) in [5.41, 5.74) is 0.583. The molecular formula is C24H28N2O5. The second kappa shape index (κ2) is 10.6. The van der Waals surface area contributed by atoms with Crippen molar-refractivity contribution in [3.05, 3.63) is 72.3 Å². The monoisotopic (exact) mass is 424 g/mol. The Bertz CT molecular complexity index is 926. The molecule has 2 aromatic carbocycles. The SMILES string of the molecule is C=CC[C@]1(C(=O)NCc2ccccc2OC)COC(c2ccc(OCCCO)cc2)=N1. The van der Waals surface area contributed by atoms with Crippen LogP contribution in [0.1, 0.15) is 24.0 Å². The van der Waals surface area contributed by atoms with Gasteiger partial charge in [0.05, 0.1) is 13.7 Å². The van der Waals surface area contributed by atoms with Gasteiger partial charge in [-0.05, 0) is 30.3 Å². The summed E-state index contributed by atoms with van der Waals surface area (Å²) in [6, 6.07) is 14.8. The van der Waals surface area contributed by atoms with Crippen molar-refractivity contribution in [2.45, 2.75) is 24.9 Å². The van der Waals surface area contributed by atoms with Crippen molar-refractivity contribution >= 4 is 11.8 Å². The predicted octanol–water partition coefficient (Wildman–Crippen LogP) is 2.86. The van der Waals surface area contributed by atoms with E-state index in [2.05, 4.69) is 16.9 Å². The van der Waals surface area contributed by atoms with Crippen LogP contribution in [0.5, 0.6) is 11.5 Å². The maximum absolute atomic E-state index is 13.1. The standard InChI is InChI=1S/C24H28N2O5/c1-3-13-24(23(28)25-16-19-7-4-5-8-21(19)29-2)17-31-22(26-24)18-9-11-20(12-10-18)30-15-6-14-27/h3-5,7-12,27H,1,6,13-17H2,2H3,(H,25,28)/t24-/m1/s1. The number of nitrogens with zero attached hydrogens (tertiary/aromatic N) is 1. The molecule has 7 nitrogen and oxygen atoms in total. The van der Waals surface area contributed by atoms with Crippen LogP contribution in [0.2, 0.25) is 0 Å². The number of aliphatic hydroxyl groups is 1. The maximum Gasteiger partial charge on any atom is 0.252 e. The topological polar surface area (TPSA) is 89.4 Å². The molecule has 0 radical (unpaired) electrons. The fourth-order valence-corrected chi connectivity index (χ4v) is 3.28. The van der Waals surface area contributed by atoms with E-state index < -0.39 is 5.54 Å². The lowest BCUT2D eigenvalue weighted by Crippen LogP contribution is -2.46. The molecule has 1 heterocycles. The lowest BCUT2D eigenvalue weighted by atomic mass is 9.96. The van der Waals surface area contributed by atoms with Crippen molar-refractivity contribution in [3.8, 4) is 11.5 Å². The molecule has 1 aliphatic rings. The zero-order chi connectivity index (χ0) is 22.1. The first kappa shape index (κ1) is 22.4. The van der Waals surface area contributed by atoms with Gasteiger partial charge in [-0.1, -0.05) is 24.3 Å². The summed E-state index contributed by atoms with van der Waals surface area (Å²) in [5, 5.41) is 11.8. The van der Waals surface area contributed by atoms with Crippen LogP contribution in [-0.4, -0.2) is 49.4 Å². The number of aliphatic imine (C=N–C) groups is 1. The van der Waals surface area contributed by atoms with E-state index in [-0.39, 0.29) is 19.1 Å². The van der Waals surface area contributed by atoms with E-state index in [1.165, 1.54) is 0 Å². The number of aliphatic hydroxyl groups excluding tert-OH is 1. The van der Waals surface area contributed by atoms with Gasteiger partial charge in [0.15, 0.2) is 5.54 Å². The normalized spacial score (nSPS) is 17.4. The molecule has 0 fully saturated rings. The predicted molar refractivity (Wildman–Crippen MR) is 119 cm³/mol. The molecule has 0 bridgehead atoms. The van der Waals surface area contributed by atoms with Gasteiger partial charge in [-0.3, -0.25) is 4.79 Å². The van der Waals surface area contributed by atoms with Gasteiger partial charge in [0.2, 0.25) is 5.90 Å². The second-order valence-corrected chi connectivity index (χ2v) is 7.17. The minimum atomic E-state index is -1.06. The Hall–Kier alpha value is -3.32. The fraction of sp³-hybridized carbons (Fsp3) is 0.333. The quantitative estimate of drug-likeness (QED) is 0.428. The third-order valence-corrected chi connectivity index (χ3v) is 4.97. The maximum atomic E-state index is 13.1. The van der Waals surface area contributed by atoms with Crippen LogP contribution in [0.25, 0.3) is 0 Å². The number of nitrogens with one attached hydrogen (secondary N) is 1. The summed E-state index contributed by atoms with van der Waals surface area (Å²) in [5.74, 6) is 1.60. The van der Waals surface area contributed by atoms with E-state index in [0.29, 0.717) is 43.4 Å². The molecule has 31 heavy (non-hydrogen) atoms. The van der Waals surface area contributed by atoms with Gasteiger partial charge in [0.25, 0.3) is 5.91 Å². The Kier molecular flexibility index (Phi) is 7.67. The lowest BCUT2D eigenvalue weighted by Gasteiger charge is -2.21. The number of methoxy groups -OCH3 is 1. The highest BCUT2D eigenvalue weighted by atomic mass is 16.5. The Labute approximate surface area is 182 Å². The molecule has 1 amide bonds. The summed E-state index contributed by atoms with van der Waals surface area (Å²) in [6.45, 7) is 4.79. The number of hydrogen-bond donors (Lipinski definition) is 2. The summed E-state index contributed by atoms with van der Waals surface area (Å²) in [4.78, 5) is 17.7. The summed E-state index contributed by atoms with van der Waals surface area (Å²) < 4.78 is 16.7. The second-order valence-electron chi connectivity index (χ2n) is 7.17. The first-order valence-corrected chi connectivity index (χ1v) is 10.2. The molecule has 164 valence electrons. The molecule has 2 N–H and O–H groups in total. The molecule has 0 aliphatic carbocycles. The molecule has 1 atom stereocenters. The average molecular weight is 424 g/mol. The zero-order valence-corrected chi connectivity index (χ0v) is 17.7. The van der Waals surface area contributed by atoms with Crippen molar-refractivity contribution in [1.29, 1.82) is 0 Å². The number of hydrogen-bond acceptors (Lipinski definition) is 6. The third-order valence-electron chi connectivity index (χ3n) is 4.97. The largest absolute Gasteiger partial charge is 0.496 e. The van der Waals surface area contributed by atoms with Gasteiger partial charge in [-0.25, -0.2) is 4.99 Å². The molecule has 0 saturated carbocycles. The van der Waals surface area contributed by atoms with Crippen LogP contribution in [0.15, 0.2) is 66.2 Å². The highest BCUT2D eigenvalue weighted by molar-refractivity contribution is 6.00. The molecule has 0 aromatic heterocycles. The molecular weight excluding hydrogens is 396 g/mol. The fourth-order valence-electron chi connectivity index (χ4n) is 3.28. The molecule has 0 saturated heterocycles. The number of para-hydroxylation sites is 1. The Balaban J connectivity index is 1.71. The highest BCUT2D eigenvalue weighted by Crippen LogP contribution is 2.27. The molecule has 2 aromatic rings.